The molecule has 0 atom stereocenters. The third-order valence-electron chi connectivity index (χ3n) is 2.81. The van der Waals surface area contributed by atoms with Crippen molar-refractivity contribution in [2.45, 2.75) is 0 Å². The molecule has 3 heteroatoms. The van der Waals surface area contributed by atoms with Crippen LogP contribution in [-0.4, -0.2) is 4.98 Å². The fraction of sp³-hybridized carbons (Fsp3) is 0. The zero-order valence-electron chi connectivity index (χ0n) is 9.40. The maximum atomic E-state index is 12.9. The first-order chi connectivity index (χ1) is 8.74. The summed E-state index contributed by atoms with van der Waals surface area (Å²) < 4.78 is 13.9. The van der Waals surface area contributed by atoms with Crippen molar-refractivity contribution in [1.29, 1.82) is 0 Å². The summed E-state index contributed by atoms with van der Waals surface area (Å²) in [5, 5.41) is 1.07. The summed E-state index contributed by atoms with van der Waals surface area (Å²) in [7, 11) is 0. The third-order valence-corrected chi connectivity index (χ3v) is 3.46. The lowest BCUT2D eigenvalue weighted by Gasteiger charge is -2.05. The SMILES string of the molecule is Fc1ccc(-c2cc(Br)c3ccccc3n2)cc1. The third kappa shape index (κ3) is 2.02. The summed E-state index contributed by atoms with van der Waals surface area (Å²) in [5.41, 5.74) is 2.66. The highest BCUT2D eigenvalue weighted by molar-refractivity contribution is 9.10. The maximum absolute atomic E-state index is 12.9. The van der Waals surface area contributed by atoms with Gasteiger partial charge in [0.1, 0.15) is 5.82 Å². The molecule has 0 saturated carbocycles. The molecule has 18 heavy (non-hydrogen) atoms. The summed E-state index contributed by atoms with van der Waals surface area (Å²) in [4.78, 5) is 4.58. The van der Waals surface area contributed by atoms with E-state index in [1.54, 1.807) is 12.1 Å². The highest BCUT2D eigenvalue weighted by Crippen LogP contribution is 2.28. The molecule has 1 nitrogen and oxygen atoms in total. The summed E-state index contributed by atoms with van der Waals surface area (Å²) in [6.07, 6.45) is 0. The predicted molar refractivity (Wildman–Crippen MR) is 74.8 cm³/mol. The molecule has 0 bridgehead atoms. The summed E-state index contributed by atoms with van der Waals surface area (Å²) in [6, 6.07) is 16.2. The Hall–Kier alpha value is -1.74. The van der Waals surface area contributed by atoms with Gasteiger partial charge in [0.15, 0.2) is 0 Å². The molecule has 0 radical (unpaired) electrons. The molecule has 3 rings (SSSR count). The number of nitrogens with zero attached hydrogens (tertiary/aromatic N) is 1. The van der Waals surface area contributed by atoms with E-state index in [2.05, 4.69) is 20.9 Å². The van der Waals surface area contributed by atoms with E-state index in [1.165, 1.54) is 12.1 Å². The molecule has 0 aliphatic heterocycles. The Morgan fingerprint density at radius 3 is 2.44 bits per heavy atom. The van der Waals surface area contributed by atoms with Gasteiger partial charge in [-0.05, 0) is 36.4 Å². The highest BCUT2D eigenvalue weighted by atomic mass is 79.9. The normalized spacial score (nSPS) is 10.8. The Labute approximate surface area is 112 Å². The molecule has 0 spiro atoms. The Morgan fingerprint density at radius 2 is 1.67 bits per heavy atom. The van der Waals surface area contributed by atoms with Gasteiger partial charge in [0.25, 0.3) is 0 Å². The molecule has 1 heterocycles. The maximum Gasteiger partial charge on any atom is 0.123 e. The van der Waals surface area contributed by atoms with Gasteiger partial charge in [-0.25, -0.2) is 9.37 Å². The summed E-state index contributed by atoms with van der Waals surface area (Å²) in [6.45, 7) is 0. The summed E-state index contributed by atoms with van der Waals surface area (Å²) >= 11 is 3.55. The molecule has 0 amide bonds. The zero-order valence-corrected chi connectivity index (χ0v) is 11.0. The fourth-order valence-corrected chi connectivity index (χ4v) is 2.45. The number of benzene rings is 2. The number of fused-ring (bicyclic) bond motifs is 1. The molecule has 0 aliphatic rings. The molecule has 0 aliphatic carbocycles. The van der Waals surface area contributed by atoms with Gasteiger partial charge in [0.05, 0.1) is 11.2 Å². The Kier molecular flexibility index (Phi) is 2.84. The minimum Gasteiger partial charge on any atom is -0.248 e. The van der Waals surface area contributed by atoms with Crippen LogP contribution in [0, 0.1) is 5.82 Å². The van der Waals surface area contributed by atoms with E-state index in [0.29, 0.717) is 0 Å². The Balaban J connectivity index is 2.21. The number of para-hydroxylation sites is 1. The van der Waals surface area contributed by atoms with Crippen LogP contribution in [0.1, 0.15) is 0 Å². The second-order valence-corrected chi connectivity index (χ2v) is 4.87. The van der Waals surface area contributed by atoms with E-state index in [9.17, 15) is 4.39 Å². The van der Waals surface area contributed by atoms with Crippen molar-refractivity contribution in [1.82, 2.24) is 4.98 Å². The monoisotopic (exact) mass is 301 g/mol. The van der Waals surface area contributed by atoms with Gasteiger partial charge in [-0.15, -0.1) is 0 Å². The smallest absolute Gasteiger partial charge is 0.123 e. The van der Waals surface area contributed by atoms with Gasteiger partial charge in [-0.3, -0.25) is 0 Å². The number of aromatic nitrogens is 1. The van der Waals surface area contributed by atoms with Gasteiger partial charge in [0, 0.05) is 15.4 Å². The largest absolute Gasteiger partial charge is 0.248 e. The lowest BCUT2D eigenvalue weighted by atomic mass is 10.1. The van der Waals surface area contributed by atoms with Crippen LogP contribution in [0.4, 0.5) is 4.39 Å². The average molecular weight is 302 g/mol. The van der Waals surface area contributed by atoms with Crippen LogP contribution < -0.4 is 0 Å². The Morgan fingerprint density at radius 1 is 0.944 bits per heavy atom. The summed E-state index contributed by atoms with van der Waals surface area (Å²) in [5.74, 6) is -0.237. The lowest BCUT2D eigenvalue weighted by molar-refractivity contribution is 0.628. The van der Waals surface area contributed by atoms with Crippen LogP contribution in [0.2, 0.25) is 0 Å². The first-order valence-corrected chi connectivity index (χ1v) is 6.34. The molecule has 0 fully saturated rings. The topological polar surface area (TPSA) is 12.9 Å². The zero-order chi connectivity index (χ0) is 12.5. The second kappa shape index (κ2) is 4.50. The van der Waals surface area contributed by atoms with Crippen LogP contribution >= 0.6 is 15.9 Å². The van der Waals surface area contributed by atoms with Crippen molar-refractivity contribution >= 4 is 26.8 Å². The van der Waals surface area contributed by atoms with E-state index < -0.39 is 0 Å². The quantitative estimate of drug-likeness (QED) is 0.629. The number of pyridine rings is 1. The number of hydrogen-bond donors (Lipinski definition) is 0. The van der Waals surface area contributed by atoms with Gasteiger partial charge < -0.3 is 0 Å². The van der Waals surface area contributed by atoms with E-state index >= 15 is 0 Å². The molecule has 2 aromatic carbocycles. The van der Waals surface area contributed by atoms with Gasteiger partial charge >= 0.3 is 0 Å². The van der Waals surface area contributed by atoms with Crippen LogP contribution in [0.15, 0.2) is 59.1 Å². The van der Waals surface area contributed by atoms with Crippen LogP contribution in [0.5, 0.6) is 0 Å². The van der Waals surface area contributed by atoms with Crippen molar-refractivity contribution in [3.05, 3.63) is 64.9 Å². The molecular weight excluding hydrogens is 293 g/mol. The van der Waals surface area contributed by atoms with E-state index in [-0.39, 0.29) is 5.82 Å². The van der Waals surface area contributed by atoms with E-state index in [1.807, 2.05) is 30.3 Å². The fourth-order valence-electron chi connectivity index (χ4n) is 1.90. The molecule has 3 aromatic rings. The van der Waals surface area contributed by atoms with Crippen molar-refractivity contribution in [2.75, 3.05) is 0 Å². The number of rotatable bonds is 1. The minimum absolute atomic E-state index is 0.237. The van der Waals surface area contributed by atoms with Gasteiger partial charge in [-0.1, -0.05) is 34.1 Å². The Bertz CT molecular complexity index is 707. The van der Waals surface area contributed by atoms with Gasteiger partial charge in [0.2, 0.25) is 0 Å². The number of hydrogen-bond acceptors (Lipinski definition) is 1. The first-order valence-electron chi connectivity index (χ1n) is 5.55. The van der Waals surface area contributed by atoms with Crippen LogP contribution in [0.25, 0.3) is 22.2 Å². The molecule has 0 unspecified atom stereocenters. The lowest BCUT2D eigenvalue weighted by Crippen LogP contribution is -1.87. The van der Waals surface area contributed by atoms with Gasteiger partial charge in [-0.2, -0.15) is 0 Å². The van der Waals surface area contributed by atoms with E-state index in [4.69, 9.17) is 0 Å². The van der Waals surface area contributed by atoms with E-state index in [0.717, 1.165) is 26.6 Å². The van der Waals surface area contributed by atoms with Crippen molar-refractivity contribution in [3.63, 3.8) is 0 Å². The average Bonchev–Trinajstić information content (AvgIpc) is 2.39. The van der Waals surface area contributed by atoms with Crippen LogP contribution in [0.3, 0.4) is 0 Å². The number of halogens is 2. The standard InChI is InChI=1S/C15H9BrFN/c16-13-9-15(10-5-7-11(17)8-6-10)18-14-4-2-1-3-12(13)14/h1-9H. The molecule has 0 saturated heterocycles. The molecule has 0 N–H and O–H groups in total. The van der Waals surface area contributed by atoms with Crippen LogP contribution in [-0.2, 0) is 0 Å². The molecule has 88 valence electrons. The predicted octanol–water partition coefficient (Wildman–Crippen LogP) is 4.80. The van der Waals surface area contributed by atoms with Crippen molar-refractivity contribution < 1.29 is 4.39 Å². The highest BCUT2D eigenvalue weighted by Gasteiger charge is 2.05. The van der Waals surface area contributed by atoms with Crippen molar-refractivity contribution in [2.24, 2.45) is 0 Å². The first kappa shape index (κ1) is 11.4. The second-order valence-electron chi connectivity index (χ2n) is 4.01. The minimum atomic E-state index is -0.237. The molecular formula is C15H9BrFN. The van der Waals surface area contributed by atoms with Crippen molar-refractivity contribution in [3.8, 4) is 11.3 Å². The molecule has 1 aromatic heterocycles.